The molecule has 0 spiro atoms. The Morgan fingerprint density at radius 1 is 1.07 bits per heavy atom. The van der Waals surface area contributed by atoms with Gasteiger partial charge in [0, 0.05) is 26.3 Å². The fourth-order valence-electron chi connectivity index (χ4n) is 2.94. The van der Waals surface area contributed by atoms with Gasteiger partial charge in [-0.05, 0) is 47.9 Å². The largest absolute Gasteiger partial charge is 0.503 e. The first-order chi connectivity index (χ1) is 14.2. The summed E-state index contributed by atoms with van der Waals surface area (Å²) in [6.07, 6.45) is -1.02. The Bertz CT molecular complexity index is 1140. The van der Waals surface area contributed by atoms with Crippen molar-refractivity contribution in [1.82, 2.24) is 4.72 Å². The minimum atomic E-state index is -3.52. The zero-order valence-corrected chi connectivity index (χ0v) is 19.3. The number of benzene rings is 2. The van der Waals surface area contributed by atoms with E-state index in [4.69, 9.17) is 26.6 Å². The van der Waals surface area contributed by atoms with Crippen molar-refractivity contribution in [2.75, 3.05) is 0 Å². The lowest BCUT2D eigenvalue weighted by Gasteiger charge is -2.06. The maximum atomic E-state index is 12.7. The highest BCUT2D eigenvalue weighted by Gasteiger charge is 2.42. The lowest BCUT2D eigenvalue weighted by Crippen LogP contribution is -2.26. The maximum Gasteiger partial charge on any atom is 0.503 e. The predicted octanol–water partition coefficient (Wildman–Crippen LogP) is 5.89. The van der Waals surface area contributed by atoms with Crippen LogP contribution < -0.4 is 4.72 Å². The Hall–Kier alpha value is -1.91. The third-order valence-corrected chi connectivity index (χ3v) is 8.47. The van der Waals surface area contributed by atoms with E-state index in [2.05, 4.69) is 20.7 Å². The molecule has 0 radical (unpaired) electrons. The van der Waals surface area contributed by atoms with Gasteiger partial charge in [0.05, 0.1) is 0 Å². The van der Waals surface area contributed by atoms with Crippen molar-refractivity contribution in [1.29, 1.82) is 0 Å². The van der Waals surface area contributed by atoms with E-state index < -0.39 is 16.2 Å². The quantitative estimate of drug-likeness (QED) is 0.382. The molecule has 1 saturated carbocycles. The molecule has 3 N–H and O–H groups in total. The van der Waals surface area contributed by atoms with Crippen LogP contribution in [0, 0.1) is 0 Å². The summed E-state index contributed by atoms with van der Waals surface area (Å²) >= 11 is 10.7. The van der Waals surface area contributed by atoms with Crippen LogP contribution in [0.2, 0.25) is 5.02 Å². The SMILES string of the molecule is O=C(O)O.O=S(=O)(N[C@@H]1C[C@H]1c1ccccc1Br)c1ccc(-c2ccc(Cl)cc2)s1. The van der Waals surface area contributed by atoms with Gasteiger partial charge in [-0.25, -0.2) is 17.9 Å². The molecule has 0 saturated heterocycles. The fraction of sp³-hybridized carbons (Fsp3) is 0.150. The smallest absolute Gasteiger partial charge is 0.450 e. The molecule has 3 aromatic rings. The first-order valence-corrected chi connectivity index (χ1v) is 12.2. The Morgan fingerprint density at radius 3 is 2.33 bits per heavy atom. The summed E-state index contributed by atoms with van der Waals surface area (Å²) < 4.78 is 29.6. The second-order valence-electron chi connectivity index (χ2n) is 6.50. The molecule has 1 fully saturated rings. The molecule has 158 valence electrons. The highest BCUT2D eigenvalue weighted by Crippen LogP contribution is 2.44. The summed E-state index contributed by atoms with van der Waals surface area (Å²) in [7, 11) is -3.52. The first-order valence-electron chi connectivity index (χ1n) is 8.72. The van der Waals surface area contributed by atoms with Crippen LogP contribution in [0.5, 0.6) is 0 Å². The van der Waals surface area contributed by atoms with Gasteiger partial charge in [-0.2, -0.15) is 0 Å². The second-order valence-corrected chi connectivity index (χ2v) is 10.8. The standard InChI is InChI=1S/C19H15BrClNO2S2.CH2O3/c20-16-4-2-1-3-14(16)15-11-17(15)22-26(23,24)19-10-9-18(25-19)12-5-7-13(21)8-6-12;2-1(3)4/h1-10,15,17,22H,11H2;(H2,2,3,4)/t15-,17+;/m0./s1. The summed E-state index contributed by atoms with van der Waals surface area (Å²) in [5.41, 5.74) is 2.10. The molecule has 1 heterocycles. The van der Waals surface area contributed by atoms with E-state index >= 15 is 0 Å². The van der Waals surface area contributed by atoms with Crippen molar-refractivity contribution in [2.45, 2.75) is 22.6 Å². The van der Waals surface area contributed by atoms with Crippen LogP contribution in [0.1, 0.15) is 17.9 Å². The van der Waals surface area contributed by atoms with Gasteiger partial charge in [0.15, 0.2) is 0 Å². The monoisotopic (exact) mass is 529 g/mol. The molecule has 0 bridgehead atoms. The van der Waals surface area contributed by atoms with Crippen LogP contribution in [-0.4, -0.2) is 30.8 Å². The minimum absolute atomic E-state index is 0.0558. The van der Waals surface area contributed by atoms with Gasteiger partial charge >= 0.3 is 6.16 Å². The molecule has 0 unspecified atom stereocenters. The van der Waals surface area contributed by atoms with Gasteiger partial charge in [-0.15, -0.1) is 11.3 Å². The van der Waals surface area contributed by atoms with Crippen LogP contribution in [0.4, 0.5) is 4.79 Å². The number of thiophene rings is 1. The maximum absolute atomic E-state index is 12.7. The molecule has 2 aromatic carbocycles. The normalized spacial score (nSPS) is 17.7. The van der Waals surface area contributed by atoms with Crippen molar-refractivity contribution >= 4 is 55.0 Å². The molecular formula is C20H17BrClNO5S2. The first kappa shape index (κ1) is 22.8. The van der Waals surface area contributed by atoms with Crippen molar-refractivity contribution in [3.8, 4) is 10.4 Å². The van der Waals surface area contributed by atoms with Crippen LogP contribution in [-0.2, 0) is 10.0 Å². The number of halogens is 2. The summed E-state index contributed by atoms with van der Waals surface area (Å²) in [5, 5.41) is 14.6. The van der Waals surface area contributed by atoms with Crippen LogP contribution in [0.3, 0.4) is 0 Å². The summed E-state index contributed by atoms with van der Waals surface area (Å²) in [6, 6.07) is 18.8. The molecule has 1 aromatic heterocycles. The number of hydrogen-bond acceptors (Lipinski definition) is 4. The van der Waals surface area contributed by atoms with Crippen molar-refractivity contribution < 1.29 is 23.4 Å². The minimum Gasteiger partial charge on any atom is -0.450 e. The van der Waals surface area contributed by atoms with Crippen molar-refractivity contribution in [3.63, 3.8) is 0 Å². The molecule has 2 atom stereocenters. The molecule has 1 aliphatic rings. The molecule has 10 heteroatoms. The summed E-state index contributed by atoms with van der Waals surface area (Å²) in [4.78, 5) is 9.46. The van der Waals surface area contributed by atoms with Gasteiger partial charge in [0.25, 0.3) is 0 Å². The Balaban J connectivity index is 0.000000589. The average Bonchev–Trinajstić information content (AvgIpc) is 3.22. The van der Waals surface area contributed by atoms with Crippen LogP contribution in [0.25, 0.3) is 10.4 Å². The Kier molecular flexibility index (Phi) is 7.20. The summed E-state index contributed by atoms with van der Waals surface area (Å²) in [5.74, 6) is 0.219. The van der Waals surface area contributed by atoms with E-state index in [-0.39, 0.29) is 12.0 Å². The van der Waals surface area contributed by atoms with Gasteiger partial charge in [0.1, 0.15) is 4.21 Å². The highest BCUT2D eigenvalue weighted by molar-refractivity contribution is 9.10. The average molecular weight is 531 g/mol. The molecule has 1 aliphatic carbocycles. The van der Waals surface area contributed by atoms with Crippen LogP contribution in [0.15, 0.2) is 69.3 Å². The van der Waals surface area contributed by atoms with E-state index in [1.165, 1.54) is 11.3 Å². The molecule has 4 rings (SSSR count). The van der Waals surface area contributed by atoms with Gasteiger partial charge < -0.3 is 10.2 Å². The number of hydrogen-bond donors (Lipinski definition) is 3. The molecule has 6 nitrogen and oxygen atoms in total. The zero-order valence-electron chi connectivity index (χ0n) is 15.3. The fourth-order valence-corrected chi connectivity index (χ4v) is 6.26. The predicted molar refractivity (Wildman–Crippen MR) is 121 cm³/mol. The third-order valence-electron chi connectivity index (χ3n) is 4.38. The van der Waals surface area contributed by atoms with Gasteiger partial charge in [-0.1, -0.05) is 57.9 Å². The molecule has 0 amide bonds. The van der Waals surface area contributed by atoms with E-state index in [1.54, 1.807) is 18.2 Å². The van der Waals surface area contributed by atoms with E-state index in [9.17, 15) is 8.42 Å². The lowest BCUT2D eigenvalue weighted by atomic mass is 10.1. The highest BCUT2D eigenvalue weighted by atomic mass is 79.9. The number of carbonyl (C=O) groups is 1. The van der Waals surface area contributed by atoms with E-state index in [0.717, 1.165) is 26.9 Å². The van der Waals surface area contributed by atoms with Gasteiger partial charge in [-0.3, -0.25) is 0 Å². The van der Waals surface area contributed by atoms with Crippen molar-refractivity contribution in [2.24, 2.45) is 0 Å². The van der Waals surface area contributed by atoms with E-state index in [1.807, 2.05) is 42.5 Å². The Labute approximate surface area is 191 Å². The van der Waals surface area contributed by atoms with Gasteiger partial charge in [0.2, 0.25) is 10.0 Å². The Morgan fingerprint density at radius 2 is 1.70 bits per heavy atom. The number of carboxylic acid groups (broad SMARTS) is 2. The number of rotatable bonds is 5. The summed E-state index contributed by atoms with van der Waals surface area (Å²) in [6.45, 7) is 0. The van der Waals surface area contributed by atoms with E-state index in [0.29, 0.717) is 9.23 Å². The lowest BCUT2D eigenvalue weighted by molar-refractivity contribution is 0.137. The zero-order chi connectivity index (χ0) is 21.9. The van der Waals surface area contributed by atoms with Crippen LogP contribution >= 0.6 is 38.9 Å². The third kappa shape index (κ3) is 5.83. The van der Waals surface area contributed by atoms with Crippen molar-refractivity contribution in [3.05, 3.63) is 75.7 Å². The number of nitrogens with one attached hydrogen (secondary N) is 1. The number of sulfonamides is 1. The molecule has 0 aliphatic heterocycles. The topological polar surface area (TPSA) is 104 Å². The second kappa shape index (κ2) is 9.49. The molecule has 30 heavy (non-hydrogen) atoms. The molecular weight excluding hydrogens is 514 g/mol.